The smallest absolute Gasteiger partial charge is 0.150 e. The molecule has 1 unspecified atom stereocenters. The van der Waals surface area contributed by atoms with E-state index in [-0.39, 0.29) is 5.78 Å². The molecule has 1 rings (SSSR count). The molecule has 16 heavy (non-hydrogen) atoms. The molecular formula is C13H17NO2. The summed E-state index contributed by atoms with van der Waals surface area (Å²) in [6, 6.07) is 5.73. The normalized spacial score (nSPS) is 12.4. The van der Waals surface area contributed by atoms with Crippen molar-refractivity contribution in [3.63, 3.8) is 0 Å². The van der Waals surface area contributed by atoms with Crippen LogP contribution in [0.1, 0.15) is 32.4 Å². The highest BCUT2D eigenvalue weighted by Gasteiger charge is 2.18. The number of rotatable bonds is 6. The molecule has 0 N–H and O–H groups in total. The molecule has 0 aromatic carbocycles. The quantitative estimate of drug-likeness (QED) is 0.739. The lowest BCUT2D eigenvalue weighted by molar-refractivity contribution is -0.121. The van der Waals surface area contributed by atoms with E-state index in [1.807, 2.05) is 19.9 Å². The first-order valence-corrected chi connectivity index (χ1v) is 5.58. The van der Waals surface area contributed by atoms with Crippen LogP contribution in [0.4, 0.5) is 0 Å². The minimum absolute atomic E-state index is 0.0209. The summed E-state index contributed by atoms with van der Waals surface area (Å²) in [5.74, 6) is 0.731. The van der Waals surface area contributed by atoms with E-state index in [4.69, 9.17) is 9.68 Å². The topological polar surface area (TPSA) is 54.0 Å². The van der Waals surface area contributed by atoms with Crippen LogP contribution in [0.5, 0.6) is 0 Å². The lowest BCUT2D eigenvalue weighted by Crippen LogP contribution is -2.15. The first-order chi connectivity index (χ1) is 7.63. The molecule has 1 atom stereocenters. The van der Waals surface area contributed by atoms with Gasteiger partial charge in [0.2, 0.25) is 0 Å². The fourth-order valence-corrected chi connectivity index (χ4v) is 1.60. The zero-order valence-corrected chi connectivity index (χ0v) is 9.77. The molecule has 3 nitrogen and oxygen atoms in total. The zero-order chi connectivity index (χ0) is 12.0. The summed E-state index contributed by atoms with van der Waals surface area (Å²) >= 11 is 0. The Bertz CT molecular complexity index is 360. The Labute approximate surface area is 96.1 Å². The number of hydrogen-bond acceptors (Lipinski definition) is 3. The highest BCUT2D eigenvalue weighted by atomic mass is 16.3. The van der Waals surface area contributed by atoms with Gasteiger partial charge in [-0.25, -0.2) is 0 Å². The molecule has 0 amide bonds. The van der Waals surface area contributed by atoms with E-state index in [0.29, 0.717) is 25.2 Å². The van der Waals surface area contributed by atoms with Crippen LogP contribution in [0.25, 0.3) is 0 Å². The molecule has 0 aliphatic carbocycles. The molecule has 0 aliphatic rings. The molecule has 0 radical (unpaired) electrons. The standard InChI is InChI=1S/C13H17NO2/c1-10(2)8-11(9-14)13(15)6-5-12-4-3-7-16-12/h3-4,7,10-11H,5-6,8H2,1-2H3. The summed E-state index contributed by atoms with van der Waals surface area (Å²) in [6.45, 7) is 4.04. The Morgan fingerprint density at radius 2 is 2.31 bits per heavy atom. The molecule has 0 saturated carbocycles. The maximum atomic E-state index is 11.7. The Kier molecular flexibility index (Phi) is 4.78. The first-order valence-electron chi connectivity index (χ1n) is 5.58. The second-order valence-electron chi connectivity index (χ2n) is 4.36. The van der Waals surface area contributed by atoms with E-state index < -0.39 is 5.92 Å². The van der Waals surface area contributed by atoms with Crippen LogP contribution in [0, 0.1) is 23.2 Å². The number of carbonyl (C=O) groups is 1. The van der Waals surface area contributed by atoms with Crippen molar-refractivity contribution in [2.75, 3.05) is 0 Å². The second-order valence-corrected chi connectivity index (χ2v) is 4.36. The molecule has 3 heteroatoms. The highest BCUT2D eigenvalue weighted by Crippen LogP contribution is 2.15. The predicted molar refractivity (Wildman–Crippen MR) is 60.6 cm³/mol. The van der Waals surface area contributed by atoms with Gasteiger partial charge in [0.25, 0.3) is 0 Å². The molecular weight excluding hydrogens is 202 g/mol. The first kappa shape index (κ1) is 12.5. The number of carbonyl (C=O) groups excluding carboxylic acids is 1. The van der Waals surface area contributed by atoms with Gasteiger partial charge in [-0.2, -0.15) is 5.26 Å². The largest absolute Gasteiger partial charge is 0.469 e. The number of aryl methyl sites for hydroxylation is 1. The summed E-state index contributed by atoms with van der Waals surface area (Å²) in [5.41, 5.74) is 0. The fraction of sp³-hybridized carbons (Fsp3) is 0.538. The van der Waals surface area contributed by atoms with Crippen LogP contribution in [0.3, 0.4) is 0 Å². The molecule has 1 heterocycles. The van der Waals surface area contributed by atoms with Gasteiger partial charge >= 0.3 is 0 Å². The van der Waals surface area contributed by atoms with Crippen molar-refractivity contribution in [3.05, 3.63) is 24.2 Å². The van der Waals surface area contributed by atoms with Gasteiger partial charge in [-0.05, 0) is 24.5 Å². The number of ketones is 1. The van der Waals surface area contributed by atoms with Crippen LogP contribution in [0.15, 0.2) is 22.8 Å². The number of hydrogen-bond donors (Lipinski definition) is 0. The van der Waals surface area contributed by atoms with Gasteiger partial charge in [0, 0.05) is 12.8 Å². The van der Waals surface area contributed by atoms with Crippen molar-refractivity contribution in [3.8, 4) is 6.07 Å². The molecule has 0 fully saturated rings. The predicted octanol–water partition coefficient (Wildman–Crippen LogP) is 2.97. The summed E-state index contributed by atoms with van der Waals surface area (Å²) < 4.78 is 5.14. The maximum Gasteiger partial charge on any atom is 0.150 e. The van der Waals surface area contributed by atoms with E-state index in [1.165, 1.54) is 0 Å². The molecule has 1 aromatic rings. The molecule has 0 bridgehead atoms. The Morgan fingerprint density at radius 1 is 1.56 bits per heavy atom. The van der Waals surface area contributed by atoms with Gasteiger partial charge in [-0.1, -0.05) is 13.8 Å². The summed E-state index contributed by atoms with van der Waals surface area (Å²) in [7, 11) is 0. The van der Waals surface area contributed by atoms with E-state index in [9.17, 15) is 4.79 Å². The highest BCUT2D eigenvalue weighted by molar-refractivity contribution is 5.83. The van der Waals surface area contributed by atoms with E-state index >= 15 is 0 Å². The zero-order valence-electron chi connectivity index (χ0n) is 9.77. The van der Waals surface area contributed by atoms with Crippen LogP contribution < -0.4 is 0 Å². The Hall–Kier alpha value is -1.56. The minimum Gasteiger partial charge on any atom is -0.469 e. The van der Waals surface area contributed by atoms with Crippen LogP contribution in [-0.4, -0.2) is 5.78 Å². The van der Waals surface area contributed by atoms with Crippen molar-refractivity contribution in [2.24, 2.45) is 11.8 Å². The van der Waals surface area contributed by atoms with Gasteiger partial charge in [-0.3, -0.25) is 4.79 Å². The van der Waals surface area contributed by atoms with E-state index in [0.717, 1.165) is 5.76 Å². The maximum absolute atomic E-state index is 11.7. The van der Waals surface area contributed by atoms with E-state index in [2.05, 4.69) is 6.07 Å². The lowest BCUT2D eigenvalue weighted by Gasteiger charge is -2.09. The average Bonchev–Trinajstić information content (AvgIpc) is 2.75. The molecule has 86 valence electrons. The van der Waals surface area contributed by atoms with Crippen LogP contribution >= 0.6 is 0 Å². The van der Waals surface area contributed by atoms with Gasteiger partial charge in [0.15, 0.2) is 0 Å². The minimum atomic E-state index is -0.463. The Morgan fingerprint density at radius 3 is 2.81 bits per heavy atom. The monoisotopic (exact) mass is 219 g/mol. The lowest BCUT2D eigenvalue weighted by atomic mass is 9.92. The molecule has 1 aromatic heterocycles. The van der Waals surface area contributed by atoms with Crippen LogP contribution in [0.2, 0.25) is 0 Å². The van der Waals surface area contributed by atoms with Crippen molar-refractivity contribution in [1.82, 2.24) is 0 Å². The van der Waals surface area contributed by atoms with Crippen molar-refractivity contribution in [1.29, 1.82) is 5.26 Å². The Balaban J connectivity index is 2.41. The number of Topliss-reactive ketones (excluding diaryl/α,β-unsaturated/α-hetero) is 1. The van der Waals surface area contributed by atoms with Crippen LogP contribution in [-0.2, 0) is 11.2 Å². The van der Waals surface area contributed by atoms with Crippen molar-refractivity contribution >= 4 is 5.78 Å². The molecule has 0 spiro atoms. The number of furan rings is 1. The summed E-state index contributed by atoms with van der Waals surface area (Å²) in [5, 5.41) is 8.91. The number of nitrogens with zero attached hydrogens (tertiary/aromatic N) is 1. The van der Waals surface area contributed by atoms with Gasteiger partial charge < -0.3 is 4.42 Å². The molecule has 0 aliphatic heterocycles. The van der Waals surface area contributed by atoms with Gasteiger partial charge in [-0.15, -0.1) is 0 Å². The third-order valence-corrected chi connectivity index (χ3v) is 2.45. The summed E-state index contributed by atoms with van der Waals surface area (Å²) in [4.78, 5) is 11.7. The third-order valence-electron chi connectivity index (χ3n) is 2.45. The van der Waals surface area contributed by atoms with Crippen molar-refractivity contribution in [2.45, 2.75) is 33.1 Å². The third kappa shape index (κ3) is 3.90. The van der Waals surface area contributed by atoms with Gasteiger partial charge in [0.1, 0.15) is 17.5 Å². The SMILES string of the molecule is CC(C)CC(C#N)C(=O)CCc1ccco1. The van der Waals surface area contributed by atoms with E-state index in [1.54, 1.807) is 12.3 Å². The summed E-state index contributed by atoms with van der Waals surface area (Å²) in [6.07, 6.45) is 3.21. The van der Waals surface area contributed by atoms with Crippen molar-refractivity contribution < 1.29 is 9.21 Å². The molecule has 0 saturated heterocycles. The number of nitriles is 1. The average molecular weight is 219 g/mol. The van der Waals surface area contributed by atoms with Gasteiger partial charge in [0.05, 0.1) is 12.3 Å². The second kappa shape index (κ2) is 6.12. The fourth-order valence-electron chi connectivity index (χ4n) is 1.60.